The van der Waals surface area contributed by atoms with Crippen LogP contribution in [0.4, 0.5) is 0 Å². The van der Waals surface area contributed by atoms with Gasteiger partial charge in [0.25, 0.3) is 5.91 Å². The monoisotopic (exact) mass is 265 g/mol. The van der Waals surface area contributed by atoms with Gasteiger partial charge in [0, 0.05) is 5.56 Å². The van der Waals surface area contributed by atoms with Crippen LogP contribution >= 0.6 is 0 Å². The van der Waals surface area contributed by atoms with E-state index in [9.17, 15) is 9.59 Å². The Kier molecular flexibility index (Phi) is 6.02. The second kappa shape index (κ2) is 7.53. The molecule has 0 saturated carbocycles. The number of rotatable bonds is 7. The van der Waals surface area contributed by atoms with Crippen molar-refractivity contribution < 1.29 is 19.8 Å². The molecule has 19 heavy (non-hydrogen) atoms. The number of aliphatic carboxylic acids is 1. The molecule has 3 N–H and O–H groups in total. The average molecular weight is 265 g/mol. The second-order valence-corrected chi connectivity index (χ2v) is 4.31. The highest BCUT2D eigenvalue weighted by atomic mass is 16.4. The number of amides is 1. The molecule has 0 aliphatic rings. The molecule has 0 bridgehead atoms. The van der Waals surface area contributed by atoms with Crippen molar-refractivity contribution in [3.8, 4) is 0 Å². The summed E-state index contributed by atoms with van der Waals surface area (Å²) in [6.07, 6.45) is 2.76. The highest BCUT2D eigenvalue weighted by Crippen LogP contribution is 2.12. The van der Waals surface area contributed by atoms with Crippen molar-refractivity contribution in [3.05, 3.63) is 35.4 Å². The molecule has 5 heteroatoms. The zero-order valence-electron chi connectivity index (χ0n) is 10.9. The van der Waals surface area contributed by atoms with Crippen LogP contribution in [0, 0.1) is 0 Å². The van der Waals surface area contributed by atoms with Gasteiger partial charge in [0.15, 0.2) is 6.04 Å². The number of unbranched alkanes of at least 4 members (excludes halogenated alkanes) is 1. The van der Waals surface area contributed by atoms with Gasteiger partial charge in [-0.25, -0.2) is 4.79 Å². The Morgan fingerprint density at radius 2 is 2.00 bits per heavy atom. The maximum absolute atomic E-state index is 12.0. The van der Waals surface area contributed by atoms with Gasteiger partial charge in [-0.05, 0) is 24.5 Å². The number of hydrogen-bond donors (Lipinski definition) is 3. The molecule has 0 fully saturated rings. The summed E-state index contributed by atoms with van der Waals surface area (Å²) in [6.45, 7) is 1.44. The third-order valence-electron chi connectivity index (χ3n) is 2.85. The van der Waals surface area contributed by atoms with Crippen LogP contribution in [0.15, 0.2) is 24.3 Å². The molecular weight excluding hydrogens is 246 g/mol. The highest BCUT2D eigenvalue weighted by molar-refractivity contribution is 5.97. The van der Waals surface area contributed by atoms with E-state index in [-0.39, 0.29) is 0 Å². The van der Waals surface area contributed by atoms with Crippen molar-refractivity contribution in [1.82, 2.24) is 5.32 Å². The van der Waals surface area contributed by atoms with Gasteiger partial charge in [-0.2, -0.15) is 0 Å². The zero-order valence-corrected chi connectivity index (χ0v) is 10.9. The van der Waals surface area contributed by atoms with Crippen molar-refractivity contribution in [2.24, 2.45) is 0 Å². The van der Waals surface area contributed by atoms with Crippen LogP contribution in [0.3, 0.4) is 0 Å². The number of hydrogen-bond acceptors (Lipinski definition) is 3. The van der Waals surface area contributed by atoms with Crippen molar-refractivity contribution in [2.45, 2.75) is 32.2 Å². The number of aryl methyl sites for hydroxylation is 1. The Bertz CT molecular complexity index is 445. The van der Waals surface area contributed by atoms with Gasteiger partial charge in [-0.3, -0.25) is 4.79 Å². The van der Waals surface area contributed by atoms with Gasteiger partial charge in [0.2, 0.25) is 0 Å². The zero-order chi connectivity index (χ0) is 14.3. The van der Waals surface area contributed by atoms with Gasteiger partial charge >= 0.3 is 5.97 Å². The van der Waals surface area contributed by atoms with Crippen LogP contribution in [0.2, 0.25) is 0 Å². The van der Waals surface area contributed by atoms with E-state index in [1.54, 1.807) is 12.1 Å². The molecule has 1 amide bonds. The molecule has 1 unspecified atom stereocenters. The number of nitrogens with one attached hydrogen (secondary N) is 1. The van der Waals surface area contributed by atoms with E-state index in [2.05, 4.69) is 12.2 Å². The number of aliphatic hydroxyl groups excluding tert-OH is 1. The molecule has 0 aliphatic carbocycles. The average Bonchev–Trinajstić information content (AvgIpc) is 2.42. The molecule has 0 spiro atoms. The molecule has 1 aromatic rings. The Morgan fingerprint density at radius 1 is 1.32 bits per heavy atom. The third-order valence-corrected chi connectivity index (χ3v) is 2.85. The smallest absolute Gasteiger partial charge is 0.328 e. The minimum atomic E-state index is -1.27. The van der Waals surface area contributed by atoms with Gasteiger partial charge < -0.3 is 15.5 Å². The summed E-state index contributed by atoms with van der Waals surface area (Å²) in [5.74, 6) is -1.71. The van der Waals surface area contributed by atoms with E-state index in [1.807, 2.05) is 12.1 Å². The summed E-state index contributed by atoms with van der Waals surface area (Å²) in [7, 11) is 0. The van der Waals surface area contributed by atoms with Gasteiger partial charge in [-0.15, -0.1) is 0 Å². The summed E-state index contributed by atoms with van der Waals surface area (Å²) in [6, 6.07) is 5.84. The van der Waals surface area contributed by atoms with Crippen LogP contribution in [0.5, 0.6) is 0 Å². The SMILES string of the molecule is CCCCc1ccccc1C(=O)NC(CO)C(=O)O. The van der Waals surface area contributed by atoms with E-state index >= 15 is 0 Å². The van der Waals surface area contributed by atoms with Crippen molar-refractivity contribution >= 4 is 11.9 Å². The third kappa shape index (κ3) is 4.37. The maximum atomic E-state index is 12.0. The normalized spacial score (nSPS) is 11.9. The molecule has 104 valence electrons. The lowest BCUT2D eigenvalue weighted by atomic mass is 10.0. The summed E-state index contributed by atoms with van der Waals surface area (Å²) >= 11 is 0. The number of carboxylic acid groups (broad SMARTS) is 1. The Morgan fingerprint density at radius 3 is 2.58 bits per heavy atom. The minimum absolute atomic E-state index is 0.465. The van der Waals surface area contributed by atoms with Gasteiger partial charge in [-0.1, -0.05) is 31.5 Å². The predicted octanol–water partition coefficient (Wildman–Crippen LogP) is 1.20. The van der Waals surface area contributed by atoms with Crippen LogP contribution in [0.25, 0.3) is 0 Å². The molecule has 1 aromatic carbocycles. The van der Waals surface area contributed by atoms with Gasteiger partial charge in [0.1, 0.15) is 0 Å². The molecule has 0 saturated heterocycles. The number of aliphatic hydroxyl groups is 1. The molecule has 0 heterocycles. The van der Waals surface area contributed by atoms with Crippen LogP contribution < -0.4 is 5.32 Å². The quantitative estimate of drug-likeness (QED) is 0.691. The first-order valence-electron chi connectivity index (χ1n) is 6.32. The molecule has 1 rings (SSSR count). The minimum Gasteiger partial charge on any atom is -0.480 e. The molecule has 0 radical (unpaired) electrons. The van der Waals surface area contributed by atoms with E-state index in [4.69, 9.17) is 10.2 Å². The van der Waals surface area contributed by atoms with E-state index in [0.717, 1.165) is 24.8 Å². The lowest BCUT2D eigenvalue weighted by Crippen LogP contribution is -2.43. The molecule has 1 atom stereocenters. The molecule has 0 aliphatic heterocycles. The second-order valence-electron chi connectivity index (χ2n) is 4.31. The van der Waals surface area contributed by atoms with Crippen molar-refractivity contribution in [1.29, 1.82) is 0 Å². The maximum Gasteiger partial charge on any atom is 0.328 e. The van der Waals surface area contributed by atoms with E-state index < -0.39 is 24.5 Å². The fourth-order valence-electron chi connectivity index (χ4n) is 1.75. The summed E-state index contributed by atoms with van der Waals surface area (Å²) < 4.78 is 0. The van der Waals surface area contributed by atoms with Crippen molar-refractivity contribution in [2.75, 3.05) is 6.61 Å². The first-order valence-corrected chi connectivity index (χ1v) is 6.32. The Hall–Kier alpha value is -1.88. The Balaban J connectivity index is 2.83. The largest absolute Gasteiger partial charge is 0.480 e. The standard InChI is InChI=1S/C14H19NO4/c1-2-3-6-10-7-4-5-8-11(10)13(17)15-12(9-16)14(18)19/h4-5,7-8,12,16H,2-3,6,9H2,1H3,(H,15,17)(H,18,19). The number of carbonyl (C=O) groups is 2. The molecule has 0 aromatic heterocycles. The highest BCUT2D eigenvalue weighted by Gasteiger charge is 2.20. The fraction of sp³-hybridized carbons (Fsp3) is 0.429. The predicted molar refractivity (Wildman–Crippen MR) is 71.0 cm³/mol. The molecule has 5 nitrogen and oxygen atoms in total. The fourth-order valence-corrected chi connectivity index (χ4v) is 1.75. The van der Waals surface area contributed by atoms with E-state index in [1.165, 1.54) is 0 Å². The van der Waals surface area contributed by atoms with E-state index in [0.29, 0.717) is 5.56 Å². The number of carboxylic acids is 1. The number of carbonyl (C=O) groups excluding carboxylic acids is 1. The number of benzene rings is 1. The summed E-state index contributed by atoms with van der Waals surface area (Å²) in [5.41, 5.74) is 1.36. The van der Waals surface area contributed by atoms with Crippen LogP contribution in [0.1, 0.15) is 35.7 Å². The lowest BCUT2D eigenvalue weighted by molar-refractivity contribution is -0.140. The first kappa shape index (κ1) is 15.2. The summed E-state index contributed by atoms with van der Waals surface area (Å²) in [4.78, 5) is 22.8. The van der Waals surface area contributed by atoms with Crippen LogP contribution in [-0.4, -0.2) is 34.7 Å². The van der Waals surface area contributed by atoms with Gasteiger partial charge in [0.05, 0.1) is 6.61 Å². The summed E-state index contributed by atoms with van der Waals surface area (Å²) in [5, 5.41) is 20.0. The lowest BCUT2D eigenvalue weighted by Gasteiger charge is -2.14. The van der Waals surface area contributed by atoms with Crippen LogP contribution in [-0.2, 0) is 11.2 Å². The topological polar surface area (TPSA) is 86.6 Å². The molecular formula is C14H19NO4. The Labute approximate surface area is 112 Å². The van der Waals surface area contributed by atoms with Crippen molar-refractivity contribution in [3.63, 3.8) is 0 Å². The first-order chi connectivity index (χ1) is 9.10.